The van der Waals surface area contributed by atoms with E-state index in [-0.39, 0.29) is 12.4 Å². The average molecular weight is 295 g/mol. The van der Waals surface area contributed by atoms with Crippen molar-refractivity contribution in [2.75, 3.05) is 0 Å². The molecule has 2 aromatic carbocycles. The standard InChI is InChI=1S/C15H12F3NO2/c16-13-7-3-1-6-12(13)10-20-19-9-11-5-2-4-8-14(11)21-15(17)18/h1-9,15H,10H2. The molecule has 0 amide bonds. The molecule has 0 heterocycles. The molecule has 0 saturated carbocycles. The summed E-state index contributed by atoms with van der Waals surface area (Å²) in [6.45, 7) is -2.97. The lowest BCUT2D eigenvalue weighted by Crippen LogP contribution is -2.04. The number of ether oxygens (including phenoxy) is 1. The average Bonchev–Trinajstić information content (AvgIpc) is 2.46. The van der Waals surface area contributed by atoms with E-state index in [1.165, 1.54) is 18.3 Å². The van der Waals surface area contributed by atoms with E-state index in [9.17, 15) is 13.2 Å². The topological polar surface area (TPSA) is 30.8 Å². The fraction of sp³-hybridized carbons (Fsp3) is 0.133. The third kappa shape index (κ3) is 4.52. The van der Waals surface area contributed by atoms with Gasteiger partial charge in [-0.3, -0.25) is 0 Å². The summed E-state index contributed by atoms with van der Waals surface area (Å²) in [6, 6.07) is 12.3. The van der Waals surface area contributed by atoms with Crippen molar-refractivity contribution in [2.24, 2.45) is 5.16 Å². The van der Waals surface area contributed by atoms with Gasteiger partial charge in [0.05, 0.1) is 6.21 Å². The van der Waals surface area contributed by atoms with Gasteiger partial charge < -0.3 is 9.57 Å². The van der Waals surface area contributed by atoms with Gasteiger partial charge in [0, 0.05) is 11.1 Å². The molecule has 110 valence electrons. The summed E-state index contributed by atoms with van der Waals surface area (Å²) in [6.07, 6.45) is 1.23. The Morgan fingerprint density at radius 3 is 2.52 bits per heavy atom. The summed E-state index contributed by atoms with van der Waals surface area (Å²) < 4.78 is 42.1. The van der Waals surface area contributed by atoms with Gasteiger partial charge in [-0.15, -0.1) is 0 Å². The monoisotopic (exact) mass is 295 g/mol. The molecular formula is C15H12F3NO2. The first-order valence-electron chi connectivity index (χ1n) is 6.09. The zero-order chi connectivity index (χ0) is 15.1. The van der Waals surface area contributed by atoms with Crippen LogP contribution in [0, 0.1) is 5.82 Å². The number of oxime groups is 1. The van der Waals surface area contributed by atoms with Crippen LogP contribution in [0.5, 0.6) is 5.75 Å². The SMILES string of the molecule is Fc1ccccc1CON=Cc1ccccc1OC(F)F. The van der Waals surface area contributed by atoms with Crippen LogP contribution in [0.15, 0.2) is 53.7 Å². The van der Waals surface area contributed by atoms with Crippen LogP contribution in [0.25, 0.3) is 0 Å². The third-order valence-electron chi connectivity index (χ3n) is 2.58. The van der Waals surface area contributed by atoms with Crippen LogP contribution < -0.4 is 4.74 Å². The van der Waals surface area contributed by atoms with Crippen LogP contribution in [0.3, 0.4) is 0 Å². The Morgan fingerprint density at radius 1 is 1.05 bits per heavy atom. The van der Waals surface area contributed by atoms with Gasteiger partial charge in [-0.1, -0.05) is 35.5 Å². The fourth-order valence-corrected chi connectivity index (χ4v) is 1.61. The zero-order valence-corrected chi connectivity index (χ0v) is 10.9. The molecule has 0 saturated heterocycles. The summed E-state index contributed by atoms with van der Waals surface area (Å²) in [7, 11) is 0. The maximum absolute atomic E-state index is 13.3. The van der Waals surface area contributed by atoms with Crippen molar-refractivity contribution in [3.05, 3.63) is 65.5 Å². The Bertz CT molecular complexity index is 617. The highest BCUT2D eigenvalue weighted by atomic mass is 19.3. The molecule has 0 atom stereocenters. The maximum atomic E-state index is 13.3. The van der Waals surface area contributed by atoms with Crippen molar-refractivity contribution in [2.45, 2.75) is 13.2 Å². The first kappa shape index (κ1) is 14.9. The van der Waals surface area contributed by atoms with Gasteiger partial charge in [0.1, 0.15) is 18.2 Å². The molecule has 0 unspecified atom stereocenters. The van der Waals surface area contributed by atoms with Crippen molar-refractivity contribution < 1.29 is 22.7 Å². The molecule has 0 radical (unpaired) electrons. The van der Waals surface area contributed by atoms with Crippen LogP contribution in [-0.2, 0) is 11.4 Å². The molecule has 21 heavy (non-hydrogen) atoms. The molecule has 0 bridgehead atoms. The Labute approximate surface area is 119 Å². The summed E-state index contributed by atoms with van der Waals surface area (Å²) in [5, 5.41) is 3.63. The molecule has 0 N–H and O–H groups in total. The Morgan fingerprint density at radius 2 is 1.76 bits per heavy atom. The van der Waals surface area contributed by atoms with Crippen molar-refractivity contribution >= 4 is 6.21 Å². The number of hydrogen-bond donors (Lipinski definition) is 0. The van der Waals surface area contributed by atoms with Gasteiger partial charge in [-0.05, 0) is 18.2 Å². The van der Waals surface area contributed by atoms with Gasteiger partial charge in [0.25, 0.3) is 0 Å². The second-order valence-electron chi connectivity index (χ2n) is 4.02. The highest BCUT2D eigenvalue weighted by molar-refractivity contribution is 5.83. The van der Waals surface area contributed by atoms with Crippen LogP contribution >= 0.6 is 0 Å². The summed E-state index contributed by atoms with van der Waals surface area (Å²) in [5.74, 6) is -0.403. The lowest BCUT2D eigenvalue weighted by Gasteiger charge is -2.06. The van der Waals surface area contributed by atoms with E-state index in [1.807, 2.05) is 0 Å². The van der Waals surface area contributed by atoms with Gasteiger partial charge in [-0.2, -0.15) is 8.78 Å². The number of hydrogen-bond acceptors (Lipinski definition) is 3. The van der Waals surface area contributed by atoms with Gasteiger partial charge >= 0.3 is 6.61 Å². The highest BCUT2D eigenvalue weighted by Crippen LogP contribution is 2.18. The van der Waals surface area contributed by atoms with Gasteiger partial charge in [-0.25, -0.2) is 4.39 Å². The minimum atomic E-state index is -2.92. The number of halogens is 3. The quantitative estimate of drug-likeness (QED) is 0.596. The van der Waals surface area contributed by atoms with E-state index < -0.39 is 12.4 Å². The molecule has 6 heteroatoms. The zero-order valence-electron chi connectivity index (χ0n) is 10.9. The predicted molar refractivity (Wildman–Crippen MR) is 71.9 cm³/mol. The largest absolute Gasteiger partial charge is 0.434 e. The van der Waals surface area contributed by atoms with Crippen molar-refractivity contribution in [1.29, 1.82) is 0 Å². The predicted octanol–water partition coefficient (Wildman–Crippen LogP) is 3.98. The number of nitrogens with zero attached hydrogens (tertiary/aromatic N) is 1. The molecule has 2 rings (SSSR count). The van der Waals surface area contributed by atoms with Gasteiger partial charge in [0.2, 0.25) is 0 Å². The lowest BCUT2D eigenvalue weighted by atomic mass is 10.2. The normalized spacial score (nSPS) is 11.0. The molecule has 0 aliphatic carbocycles. The minimum absolute atomic E-state index is 0.00857. The molecule has 0 aromatic heterocycles. The lowest BCUT2D eigenvalue weighted by molar-refractivity contribution is -0.0499. The summed E-state index contributed by atoms with van der Waals surface area (Å²) in [5.41, 5.74) is 0.693. The van der Waals surface area contributed by atoms with Crippen molar-refractivity contribution in [1.82, 2.24) is 0 Å². The number of rotatable bonds is 6. The van der Waals surface area contributed by atoms with Crippen LogP contribution in [0.1, 0.15) is 11.1 Å². The Kier molecular flexibility index (Phi) is 5.20. The highest BCUT2D eigenvalue weighted by Gasteiger charge is 2.07. The molecule has 0 spiro atoms. The fourth-order valence-electron chi connectivity index (χ4n) is 1.61. The summed E-state index contributed by atoms with van der Waals surface area (Å²) in [4.78, 5) is 4.95. The third-order valence-corrected chi connectivity index (χ3v) is 2.58. The van der Waals surface area contributed by atoms with Crippen LogP contribution in [0.2, 0.25) is 0 Å². The molecule has 3 nitrogen and oxygen atoms in total. The van der Waals surface area contributed by atoms with E-state index in [1.54, 1.807) is 36.4 Å². The van der Waals surface area contributed by atoms with Crippen molar-refractivity contribution in [3.8, 4) is 5.75 Å². The Hall–Kier alpha value is -2.50. The Balaban J connectivity index is 1.97. The molecule has 2 aromatic rings. The van der Waals surface area contributed by atoms with Crippen LogP contribution in [0.4, 0.5) is 13.2 Å². The van der Waals surface area contributed by atoms with Crippen LogP contribution in [-0.4, -0.2) is 12.8 Å². The molecular weight excluding hydrogens is 283 g/mol. The first-order valence-corrected chi connectivity index (χ1v) is 6.09. The van der Waals surface area contributed by atoms with Gasteiger partial charge in [0.15, 0.2) is 0 Å². The summed E-state index contributed by atoms with van der Waals surface area (Å²) >= 11 is 0. The smallest absolute Gasteiger partial charge is 0.387 e. The van der Waals surface area contributed by atoms with E-state index >= 15 is 0 Å². The van der Waals surface area contributed by atoms with E-state index in [2.05, 4.69) is 9.89 Å². The molecule has 0 aliphatic rings. The number of para-hydroxylation sites is 1. The second-order valence-corrected chi connectivity index (χ2v) is 4.02. The molecule has 0 aliphatic heterocycles. The maximum Gasteiger partial charge on any atom is 0.387 e. The van der Waals surface area contributed by atoms with E-state index in [0.717, 1.165) is 0 Å². The van der Waals surface area contributed by atoms with Crippen molar-refractivity contribution in [3.63, 3.8) is 0 Å². The first-order chi connectivity index (χ1) is 10.2. The minimum Gasteiger partial charge on any atom is -0.434 e. The second kappa shape index (κ2) is 7.33. The molecule has 0 fully saturated rings. The van der Waals surface area contributed by atoms with E-state index in [4.69, 9.17) is 4.84 Å². The van der Waals surface area contributed by atoms with E-state index in [0.29, 0.717) is 11.1 Å². The number of alkyl halides is 2. The number of benzene rings is 2.